The van der Waals surface area contributed by atoms with Gasteiger partial charge in [-0.05, 0) is 13.3 Å². The fourth-order valence-corrected chi connectivity index (χ4v) is 1.71. The molecule has 1 fully saturated rings. The van der Waals surface area contributed by atoms with Crippen LogP contribution in [-0.2, 0) is 4.74 Å². The minimum atomic E-state index is 0.0179. The van der Waals surface area contributed by atoms with E-state index in [0.717, 1.165) is 19.6 Å². The van der Waals surface area contributed by atoms with Gasteiger partial charge in [0.05, 0.1) is 18.2 Å². The minimum Gasteiger partial charge on any atom is -0.376 e. The molecule has 1 spiro atoms. The largest absolute Gasteiger partial charge is 0.376 e. The summed E-state index contributed by atoms with van der Waals surface area (Å²) in [5.74, 6) is 0.558. The number of ether oxygens (including phenoxy) is 1. The van der Waals surface area contributed by atoms with Gasteiger partial charge in [0.2, 0.25) is 0 Å². The van der Waals surface area contributed by atoms with Gasteiger partial charge < -0.3 is 15.8 Å². The highest BCUT2D eigenvalue weighted by molar-refractivity contribution is 5.80. The highest BCUT2D eigenvalue weighted by Crippen LogP contribution is 2.28. The van der Waals surface area contributed by atoms with Crippen LogP contribution < -0.4 is 11.1 Å². The molecule has 2 atom stereocenters. The number of hydrogen-bond acceptors (Lipinski definition) is 4. The van der Waals surface area contributed by atoms with Gasteiger partial charge >= 0.3 is 0 Å². The first kappa shape index (κ1) is 6.91. The average Bonchev–Trinajstić information content (AvgIpc) is 2.46. The molecule has 2 rings (SSSR count). The molecular weight excluding hydrogens is 142 g/mol. The van der Waals surface area contributed by atoms with Crippen LogP contribution in [0, 0.1) is 0 Å². The van der Waals surface area contributed by atoms with E-state index in [1.54, 1.807) is 0 Å². The third kappa shape index (κ3) is 0.894. The topological polar surface area (TPSA) is 59.6 Å². The lowest BCUT2D eigenvalue weighted by molar-refractivity contribution is 0.0945. The normalized spacial score (nSPS) is 42.6. The molecule has 0 aromatic heterocycles. The fraction of sp³-hybridized carbons (Fsp3) is 0.857. The highest BCUT2D eigenvalue weighted by atomic mass is 16.5. The smallest absolute Gasteiger partial charge is 0.189 e. The molecule has 1 saturated heterocycles. The molecule has 0 saturated carbocycles. The van der Waals surface area contributed by atoms with Crippen molar-refractivity contribution in [2.75, 3.05) is 13.2 Å². The van der Waals surface area contributed by atoms with Crippen LogP contribution in [0.5, 0.6) is 0 Å². The number of guanidine groups is 1. The summed E-state index contributed by atoms with van der Waals surface area (Å²) in [6, 6.07) is 0. The van der Waals surface area contributed by atoms with Crippen molar-refractivity contribution in [2.24, 2.45) is 10.7 Å². The van der Waals surface area contributed by atoms with Crippen molar-refractivity contribution in [3.63, 3.8) is 0 Å². The molecule has 0 bridgehead atoms. The van der Waals surface area contributed by atoms with Crippen molar-refractivity contribution in [1.82, 2.24) is 5.32 Å². The van der Waals surface area contributed by atoms with Crippen molar-refractivity contribution in [3.8, 4) is 0 Å². The third-order valence-corrected chi connectivity index (χ3v) is 2.60. The molecule has 4 nitrogen and oxygen atoms in total. The first-order chi connectivity index (χ1) is 5.23. The summed E-state index contributed by atoms with van der Waals surface area (Å²) in [5.41, 5.74) is 5.55. The van der Waals surface area contributed by atoms with Gasteiger partial charge in [-0.25, -0.2) is 0 Å². The number of nitrogens with one attached hydrogen (secondary N) is 1. The molecular formula is C7H13N3O. The van der Waals surface area contributed by atoms with Gasteiger partial charge in [-0.3, -0.25) is 4.99 Å². The predicted molar refractivity (Wildman–Crippen MR) is 42.4 cm³/mol. The summed E-state index contributed by atoms with van der Waals surface area (Å²) in [4.78, 5) is 4.13. The van der Waals surface area contributed by atoms with E-state index in [1.165, 1.54) is 0 Å². The van der Waals surface area contributed by atoms with E-state index in [-0.39, 0.29) is 11.6 Å². The van der Waals surface area contributed by atoms with Crippen molar-refractivity contribution >= 4 is 5.96 Å². The van der Waals surface area contributed by atoms with E-state index in [0.29, 0.717) is 5.96 Å². The quantitative estimate of drug-likeness (QED) is 0.493. The number of nitrogens with zero attached hydrogens (tertiary/aromatic N) is 1. The first-order valence-corrected chi connectivity index (χ1v) is 3.93. The van der Waals surface area contributed by atoms with Gasteiger partial charge in [-0.1, -0.05) is 0 Å². The van der Waals surface area contributed by atoms with E-state index >= 15 is 0 Å². The molecule has 4 heteroatoms. The van der Waals surface area contributed by atoms with Crippen LogP contribution in [0.4, 0.5) is 0 Å². The van der Waals surface area contributed by atoms with Gasteiger partial charge in [0.25, 0.3) is 0 Å². The Morgan fingerprint density at radius 1 is 1.82 bits per heavy atom. The van der Waals surface area contributed by atoms with Crippen molar-refractivity contribution < 1.29 is 4.74 Å². The Morgan fingerprint density at radius 3 is 3.09 bits per heavy atom. The van der Waals surface area contributed by atoms with Gasteiger partial charge in [-0.2, -0.15) is 0 Å². The van der Waals surface area contributed by atoms with E-state index in [9.17, 15) is 0 Å². The second kappa shape index (κ2) is 2.11. The third-order valence-electron chi connectivity index (χ3n) is 2.60. The minimum absolute atomic E-state index is 0.0179. The Hall–Kier alpha value is -0.770. The molecule has 2 aliphatic rings. The summed E-state index contributed by atoms with van der Waals surface area (Å²) >= 11 is 0. The van der Waals surface area contributed by atoms with E-state index in [1.807, 2.05) is 0 Å². The molecule has 11 heavy (non-hydrogen) atoms. The summed E-state index contributed by atoms with van der Waals surface area (Å²) in [7, 11) is 0. The van der Waals surface area contributed by atoms with Crippen LogP contribution in [0.3, 0.4) is 0 Å². The van der Waals surface area contributed by atoms with E-state index in [4.69, 9.17) is 10.5 Å². The van der Waals surface area contributed by atoms with Gasteiger partial charge in [-0.15, -0.1) is 0 Å². The van der Waals surface area contributed by atoms with Crippen LogP contribution in [0.1, 0.15) is 13.3 Å². The molecule has 2 heterocycles. The monoisotopic (exact) mass is 155 g/mol. The van der Waals surface area contributed by atoms with Crippen molar-refractivity contribution in [1.29, 1.82) is 0 Å². The molecule has 0 aromatic rings. The first-order valence-electron chi connectivity index (χ1n) is 3.93. The van der Waals surface area contributed by atoms with Gasteiger partial charge in [0.1, 0.15) is 0 Å². The Labute approximate surface area is 65.8 Å². The fourth-order valence-electron chi connectivity index (χ4n) is 1.71. The summed E-state index contributed by atoms with van der Waals surface area (Å²) in [5, 5.41) is 3.18. The van der Waals surface area contributed by atoms with Crippen molar-refractivity contribution in [3.05, 3.63) is 0 Å². The molecule has 0 amide bonds. The van der Waals surface area contributed by atoms with E-state index < -0.39 is 0 Å². The summed E-state index contributed by atoms with van der Waals surface area (Å²) in [6.07, 6.45) is 1.24. The zero-order valence-corrected chi connectivity index (χ0v) is 6.63. The number of rotatable bonds is 0. The van der Waals surface area contributed by atoms with Crippen molar-refractivity contribution in [2.45, 2.75) is 25.0 Å². The van der Waals surface area contributed by atoms with Crippen LogP contribution in [0.15, 0.2) is 4.99 Å². The number of nitrogens with two attached hydrogens (primary N) is 1. The second-order valence-electron chi connectivity index (χ2n) is 3.25. The Morgan fingerprint density at radius 2 is 2.64 bits per heavy atom. The molecule has 62 valence electrons. The summed E-state index contributed by atoms with van der Waals surface area (Å²) < 4.78 is 5.45. The zero-order chi connectivity index (χ0) is 7.90. The number of aliphatic imine (C=N–C) groups is 1. The average molecular weight is 155 g/mol. The SMILES string of the molecule is CC1OCCC12CN=C(N)N2. The lowest BCUT2D eigenvalue weighted by Crippen LogP contribution is -2.52. The summed E-state index contributed by atoms with van der Waals surface area (Å²) in [6.45, 7) is 3.64. The van der Waals surface area contributed by atoms with Gasteiger partial charge in [0.15, 0.2) is 5.96 Å². The molecule has 2 aliphatic heterocycles. The maximum absolute atomic E-state index is 5.53. The maximum Gasteiger partial charge on any atom is 0.189 e. The molecule has 0 aromatic carbocycles. The van der Waals surface area contributed by atoms with E-state index in [2.05, 4.69) is 17.2 Å². The number of hydrogen-bond donors (Lipinski definition) is 2. The molecule has 0 aliphatic carbocycles. The lowest BCUT2D eigenvalue weighted by atomic mass is 9.93. The van der Waals surface area contributed by atoms with Gasteiger partial charge in [0, 0.05) is 6.61 Å². The highest BCUT2D eigenvalue weighted by Gasteiger charge is 2.44. The molecule has 0 radical (unpaired) electrons. The van der Waals surface area contributed by atoms with Crippen LogP contribution in [0.25, 0.3) is 0 Å². The van der Waals surface area contributed by atoms with Crippen LogP contribution in [0.2, 0.25) is 0 Å². The standard InChI is InChI=1S/C7H13N3O/c1-5-7(2-3-11-5)4-9-6(8)10-7/h5H,2-4H2,1H3,(H3,8,9,10). The zero-order valence-electron chi connectivity index (χ0n) is 6.63. The predicted octanol–water partition coefficient (Wildman–Crippen LogP) is -0.548. The van der Waals surface area contributed by atoms with Crippen LogP contribution >= 0.6 is 0 Å². The second-order valence-corrected chi connectivity index (χ2v) is 3.25. The van der Waals surface area contributed by atoms with Crippen LogP contribution in [-0.4, -0.2) is 30.8 Å². The Kier molecular flexibility index (Phi) is 1.32. The molecule has 2 unspecified atom stereocenters. The molecule has 3 N–H and O–H groups in total. The maximum atomic E-state index is 5.53. The Balaban J connectivity index is 2.13. The lowest BCUT2D eigenvalue weighted by Gasteiger charge is -2.26. The Bertz CT molecular complexity index is 204.